The molecule has 1 N–H and O–H groups in total. The molecule has 0 aliphatic carbocycles. The lowest BCUT2D eigenvalue weighted by Gasteiger charge is -2.26. The van der Waals surface area contributed by atoms with Crippen molar-refractivity contribution in [2.75, 3.05) is 25.2 Å². The monoisotopic (exact) mass is 243 g/mol. The van der Waals surface area contributed by atoms with Gasteiger partial charge < -0.3 is 14.9 Å². The van der Waals surface area contributed by atoms with Gasteiger partial charge in [-0.15, -0.1) is 11.8 Å². The number of rotatable bonds is 3. The molecule has 1 heterocycles. The van der Waals surface area contributed by atoms with Crippen LogP contribution in [-0.2, 0) is 4.79 Å². The maximum absolute atomic E-state index is 11.8. The van der Waals surface area contributed by atoms with E-state index >= 15 is 0 Å². The smallest absolute Gasteiger partial charge is 0.327 e. The van der Waals surface area contributed by atoms with Crippen molar-refractivity contribution in [3.05, 3.63) is 0 Å². The number of nitriles is 1. The maximum atomic E-state index is 11.8. The van der Waals surface area contributed by atoms with Crippen LogP contribution in [0.4, 0.5) is 4.79 Å². The van der Waals surface area contributed by atoms with E-state index in [9.17, 15) is 9.59 Å². The summed E-state index contributed by atoms with van der Waals surface area (Å²) in [6.07, 6.45) is 0.251. The second-order valence-electron chi connectivity index (χ2n) is 3.44. The fraction of sp³-hybridized carbons (Fsp3) is 0.667. The first-order valence-corrected chi connectivity index (χ1v) is 5.92. The minimum absolute atomic E-state index is 0.251. The molecule has 0 radical (unpaired) electrons. The van der Waals surface area contributed by atoms with Gasteiger partial charge in [0.05, 0.1) is 18.4 Å². The van der Waals surface area contributed by atoms with E-state index in [1.807, 2.05) is 6.07 Å². The molecule has 0 aromatic heterocycles. The van der Waals surface area contributed by atoms with Gasteiger partial charge in [-0.2, -0.15) is 5.26 Å². The number of carbonyl (C=O) groups is 2. The Morgan fingerprint density at radius 1 is 1.69 bits per heavy atom. The number of hydrogen-bond acceptors (Lipinski definition) is 4. The van der Waals surface area contributed by atoms with Crippen LogP contribution in [0.1, 0.15) is 6.42 Å². The molecule has 1 aliphatic rings. The molecule has 1 saturated heterocycles. The number of nitrogens with zero attached hydrogens (tertiary/aromatic N) is 3. The van der Waals surface area contributed by atoms with Gasteiger partial charge in [0.1, 0.15) is 6.04 Å². The zero-order valence-corrected chi connectivity index (χ0v) is 9.74. The Kier molecular flexibility index (Phi) is 4.43. The van der Waals surface area contributed by atoms with Gasteiger partial charge in [0, 0.05) is 19.3 Å². The summed E-state index contributed by atoms with van der Waals surface area (Å²) in [5, 5.41) is 17.3. The predicted octanol–water partition coefficient (Wildman–Crippen LogP) is 0.411. The summed E-state index contributed by atoms with van der Waals surface area (Å²) in [7, 11) is 1.57. The van der Waals surface area contributed by atoms with Crippen LogP contribution < -0.4 is 0 Å². The Balaban J connectivity index is 2.59. The van der Waals surface area contributed by atoms with Crippen LogP contribution in [0, 0.1) is 11.3 Å². The third kappa shape index (κ3) is 2.79. The highest BCUT2D eigenvalue weighted by Gasteiger charge is 2.35. The van der Waals surface area contributed by atoms with Crippen molar-refractivity contribution >= 4 is 23.8 Å². The predicted molar refractivity (Wildman–Crippen MR) is 58.8 cm³/mol. The van der Waals surface area contributed by atoms with Gasteiger partial charge in [-0.25, -0.2) is 9.59 Å². The fourth-order valence-corrected chi connectivity index (χ4v) is 2.51. The Hall–Kier alpha value is -1.42. The van der Waals surface area contributed by atoms with Gasteiger partial charge >= 0.3 is 12.0 Å². The lowest BCUT2D eigenvalue weighted by atomic mass is 10.3. The van der Waals surface area contributed by atoms with Crippen molar-refractivity contribution in [2.45, 2.75) is 12.5 Å². The molecule has 0 aromatic carbocycles. The zero-order chi connectivity index (χ0) is 12.1. The molecule has 0 bridgehead atoms. The number of carbonyl (C=O) groups excluding carboxylic acids is 1. The van der Waals surface area contributed by atoms with Crippen LogP contribution in [0.15, 0.2) is 0 Å². The van der Waals surface area contributed by atoms with Crippen molar-refractivity contribution in [3.8, 4) is 6.07 Å². The number of carboxylic acids is 1. The Morgan fingerprint density at radius 3 is 2.94 bits per heavy atom. The number of carboxylic acid groups (broad SMARTS) is 1. The quantitative estimate of drug-likeness (QED) is 0.776. The van der Waals surface area contributed by atoms with Gasteiger partial charge in [-0.05, 0) is 0 Å². The van der Waals surface area contributed by atoms with Crippen LogP contribution in [0.5, 0.6) is 0 Å². The van der Waals surface area contributed by atoms with E-state index < -0.39 is 12.0 Å². The molecule has 88 valence electrons. The number of thioether (sulfide) groups is 1. The van der Waals surface area contributed by atoms with E-state index in [0.717, 1.165) is 0 Å². The van der Waals surface area contributed by atoms with E-state index in [0.29, 0.717) is 18.2 Å². The van der Waals surface area contributed by atoms with Crippen molar-refractivity contribution in [2.24, 2.45) is 0 Å². The van der Waals surface area contributed by atoms with Crippen molar-refractivity contribution in [1.29, 1.82) is 5.26 Å². The molecule has 0 saturated carbocycles. The van der Waals surface area contributed by atoms with Crippen LogP contribution in [0.3, 0.4) is 0 Å². The van der Waals surface area contributed by atoms with Crippen molar-refractivity contribution in [1.82, 2.24) is 9.80 Å². The molecule has 0 unspecified atom stereocenters. The van der Waals surface area contributed by atoms with Gasteiger partial charge in [-0.3, -0.25) is 0 Å². The minimum atomic E-state index is -0.980. The fourth-order valence-electron chi connectivity index (χ4n) is 1.37. The topological polar surface area (TPSA) is 84.6 Å². The average Bonchev–Trinajstić information content (AvgIpc) is 2.73. The normalized spacial score (nSPS) is 19.2. The van der Waals surface area contributed by atoms with Crippen LogP contribution in [0.2, 0.25) is 0 Å². The first-order chi connectivity index (χ1) is 7.57. The standard InChI is InChI=1S/C9H13N3O3S/c1-11(4-2-3-10)9(15)12-6-16-5-7(12)8(13)14/h7H,2,4-6H2,1H3,(H,13,14)/t7-/m0/s1. The van der Waals surface area contributed by atoms with Gasteiger partial charge in [0.15, 0.2) is 0 Å². The molecule has 7 heteroatoms. The molecule has 1 fully saturated rings. The van der Waals surface area contributed by atoms with E-state index in [-0.39, 0.29) is 12.5 Å². The maximum Gasteiger partial charge on any atom is 0.327 e. The summed E-state index contributed by atoms with van der Waals surface area (Å²) >= 11 is 1.42. The summed E-state index contributed by atoms with van der Waals surface area (Å²) in [4.78, 5) is 25.4. The molecular formula is C9H13N3O3S. The first-order valence-electron chi connectivity index (χ1n) is 4.77. The second kappa shape index (κ2) is 5.61. The van der Waals surface area contributed by atoms with E-state index in [2.05, 4.69) is 0 Å². The Morgan fingerprint density at radius 2 is 2.38 bits per heavy atom. The SMILES string of the molecule is CN(CCC#N)C(=O)N1CSC[C@H]1C(=O)O. The third-order valence-electron chi connectivity index (χ3n) is 2.30. The van der Waals surface area contributed by atoms with Crippen LogP contribution in [0.25, 0.3) is 0 Å². The second-order valence-corrected chi connectivity index (χ2v) is 4.44. The Bertz CT molecular complexity index is 328. The van der Waals surface area contributed by atoms with Crippen molar-refractivity contribution in [3.63, 3.8) is 0 Å². The summed E-state index contributed by atoms with van der Waals surface area (Å²) in [6, 6.07) is 0.870. The van der Waals surface area contributed by atoms with Crippen LogP contribution in [-0.4, -0.2) is 58.2 Å². The highest BCUT2D eigenvalue weighted by Crippen LogP contribution is 2.22. The highest BCUT2D eigenvalue weighted by atomic mass is 32.2. The number of urea groups is 1. The molecule has 0 aromatic rings. The molecule has 6 nitrogen and oxygen atoms in total. The largest absolute Gasteiger partial charge is 0.480 e. The molecule has 1 rings (SSSR count). The summed E-state index contributed by atoms with van der Waals surface area (Å²) in [5.74, 6) is -0.160. The van der Waals surface area contributed by atoms with E-state index in [1.165, 1.54) is 21.6 Å². The van der Waals surface area contributed by atoms with Gasteiger partial charge in [0.2, 0.25) is 0 Å². The molecule has 0 spiro atoms. The van der Waals surface area contributed by atoms with Gasteiger partial charge in [-0.1, -0.05) is 0 Å². The Labute approximate surface area is 97.8 Å². The number of aliphatic carboxylic acids is 1. The summed E-state index contributed by atoms with van der Waals surface area (Å²) in [5.41, 5.74) is 0. The third-order valence-corrected chi connectivity index (χ3v) is 3.31. The van der Waals surface area contributed by atoms with E-state index in [1.54, 1.807) is 7.05 Å². The van der Waals surface area contributed by atoms with Gasteiger partial charge in [0.25, 0.3) is 0 Å². The molecule has 2 amide bonds. The van der Waals surface area contributed by atoms with E-state index in [4.69, 9.17) is 10.4 Å². The summed E-state index contributed by atoms with van der Waals surface area (Å²) in [6.45, 7) is 0.322. The number of amides is 2. The van der Waals surface area contributed by atoms with Crippen molar-refractivity contribution < 1.29 is 14.7 Å². The number of hydrogen-bond donors (Lipinski definition) is 1. The highest BCUT2D eigenvalue weighted by molar-refractivity contribution is 7.99. The zero-order valence-electron chi connectivity index (χ0n) is 8.92. The summed E-state index contributed by atoms with van der Waals surface area (Å²) < 4.78 is 0. The first kappa shape index (κ1) is 12.6. The lowest BCUT2D eigenvalue weighted by molar-refractivity contribution is -0.140. The molecule has 1 aliphatic heterocycles. The average molecular weight is 243 g/mol. The lowest BCUT2D eigenvalue weighted by Crippen LogP contribution is -2.47. The molecular weight excluding hydrogens is 230 g/mol. The minimum Gasteiger partial charge on any atom is -0.480 e. The molecule has 16 heavy (non-hydrogen) atoms. The van der Waals surface area contributed by atoms with Crippen LogP contribution >= 0.6 is 11.8 Å². The molecule has 1 atom stereocenters.